The number of methoxy groups -OCH3 is 1. The van der Waals surface area contributed by atoms with E-state index in [9.17, 15) is 33.9 Å². The fraction of sp³-hybridized carbons (Fsp3) is 0.475. The highest BCUT2D eigenvalue weighted by molar-refractivity contribution is 5.97. The molecule has 0 saturated carbocycles. The Balaban J connectivity index is 1.53. The molecule has 1 aliphatic heterocycles. The Hall–Kier alpha value is -5.77. The number of ether oxygens (including phenoxy) is 1. The zero-order valence-electron chi connectivity index (χ0n) is 32.5. The second-order valence-corrected chi connectivity index (χ2v) is 14.7. The SMILES string of the molecule is COC(=O)[C@H](Cc1ccccc1)NC(=O)[C@@H]1CCCN1C(=O)[C@H](Cc1cnc[nH]1)NC(=O)[C@@H](NC(=O)[C@H](Cc1ccc(O)cc1)NC(=O)[C@@H](N)C(C)C)C(C)C. The number of nitrogens with zero attached hydrogens (tertiary/aromatic N) is 2. The average Bonchev–Trinajstić information content (AvgIpc) is 3.89. The van der Waals surface area contributed by atoms with Crippen molar-refractivity contribution in [2.75, 3.05) is 13.7 Å². The van der Waals surface area contributed by atoms with E-state index in [-0.39, 0.29) is 37.5 Å². The summed E-state index contributed by atoms with van der Waals surface area (Å²) in [5, 5.41) is 20.8. The van der Waals surface area contributed by atoms with Crippen LogP contribution in [0.25, 0.3) is 0 Å². The number of aromatic hydroxyl groups is 1. The van der Waals surface area contributed by atoms with E-state index in [1.54, 1.807) is 39.8 Å². The summed E-state index contributed by atoms with van der Waals surface area (Å²) in [5.41, 5.74) is 8.07. The van der Waals surface area contributed by atoms with Gasteiger partial charge < -0.3 is 46.7 Å². The molecule has 4 rings (SSSR count). The van der Waals surface area contributed by atoms with Crippen molar-refractivity contribution in [3.63, 3.8) is 0 Å². The number of benzene rings is 2. The van der Waals surface area contributed by atoms with Gasteiger partial charge in [-0.1, -0.05) is 70.2 Å². The largest absolute Gasteiger partial charge is 0.508 e. The summed E-state index contributed by atoms with van der Waals surface area (Å²) in [4.78, 5) is 90.1. The van der Waals surface area contributed by atoms with Crippen LogP contribution in [0.1, 0.15) is 57.4 Å². The number of rotatable bonds is 18. The van der Waals surface area contributed by atoms with Crippen LogP contribution in [0.3, 0.4) is 0 Å². The molecule has 5 amide bonds. The van der Waals surface area contributed by atoms with Crippen molar-refractivity contribution in [1.82, 2.24) is 36.1 Å². The maximum atomic E-state index is 14.3. The highest BCUT2D eigenvalue weighted by Crippen LogP contribution is 2.21. The number of carbonyl (C=O) groups is 6. The molecular weight excluding hydrogens is 720 g/mol. The van der Waals surface area contributed by atoms with Gasteiger partial charge in [-0.05, 0) is 47.9 Å². The summed E-state index contributed by atoms with van der Waals surface area (Å²) in [6.07, 6.45) is 4.03. The monoisotopic (exact) mass is 774 g/mol. The van der Waals surface area contributed by atoms with Gasteiger partial charge in [0, 0.05) is 37.7 Å². The lowest BCUT2D eigenvalue weighted by Gasteiger charge is -2.31. The predicted molar refractivity (Wildman–Crippen MR) is 206 cm³/mol. The van der Waals surface area contributed by atoms with Crippen molar-refractivity contribution in [3.8, 4) is 5.75 Å². The molecule has 0 radical (unpaired) electrons. The summed E-state index contributed by atoms with van der Waals surface area (Å²) >= 11 is 0. The molecule has 0 spiro atoms. The first-order valence-corrected chi connectivity index (χ1v) is 18.8. The Kier molecular flexibility index (Phi) is 15.5. The fourth-order valence-electron chi connectivity index (χ4n) is 6.47. The molecule has 0 unspecified atom stereocenters. The smallest absolute Gasteiger partial charge is 0.328 e. The molecule has 1 saturated heterocycles. The molecule has 56 heavy (non-hydrogen) atoms. The Morgan fingerprint density at radius 2 is 1.46 bits per heavy atom. The van der Waals surface area contributed by atoms with Gasteiger partial charge in [0.15, 0.2) is 0 Å². The van der Waals surface area contributed by atoms with Crippen LogP contribution >= 0.6 is 0 Å². The second-order valence-electron chi connectivity index (χ2n) is 14.7. The molecule has 1 fully saturated rings. The third-order valence-electron chi connectivity index (χ3n) is 9.79. The number of nitrogens with two attached hydrogens (primary N) is 1. The minimum atomic E-state index is -1.17. The number of aromatic amines is 1. The molecule has 0 aliphatic carbocycles. The molecular formula is C40H54N8O8. The number of likely N-dealkylation sites (tertiary alicyclic amines) is 1. The number of hydrogen-bond donors (Lipinski definition) is 7. The number of aromatic nitrogens is 2. The third-order valence-corrected chi connectivity index (χ3v) is 9.79. The molecule has 1 aliphatic rings. The maximum absolute atomic E-state index is 14.3. The van der Waals surface area contributed by atoms with E-state index in [4.69, 9.17) is 10.5 Å². The van der Waals surface area contributed by atoms with Crippen LogP contribution in [0, 0.1) is 11.8 Å². The Morgan fingerprint density at radius 1 is 0.821 bits per heavy atom. The van der Waals surface area contributed by atoms with Gasteiger partial charge >= 0.3 is 5.97 Å². The van der Waals surface area contributed by atoms with Crippen LogP contribution < -0.4 is 27.0 Å². The molecule has 302 valence electrons. The Bertz CT molecular complexity index is 1780. The van der Waals surface area contributed by atoms with Crippen molar-refractivity contribution >= 4 is 35.5 Å². The molecule has 2 aromatic carbocycles. The van der Waals surface area contributed by atoms with E-state index in [1.807, 2.05) is 30.3 Å². The zero-order chi connectivity index (χ0) is 40.9. The molecule has 0 bridgehead atoms. The van der Waals surface area contributed by atoms with Crippen molar-refractivity contribution in [2.24, 2.45) is 17.6 Å². The first-order valence-electron chi connectivity index (χ1n) is 18.8. The van der Waals surface area contributed by atoms with Crippen LogP contribution in [0.4, 0.5) is 0 Å². The van der Waals surface area contributed by atoms with E-state index >= 15 is 0 Å². The Labute approximate surface area is 326 Å². The lowest BCUT2D eigenvalue weighted by molar-refractivity contribution is -0.147. The van der Waals surface area contributed by atoms with Gasteiger partial charge in [0.25, 0.3) is 0 Å². The van der Waals surface area contributed by atoms with Crippen molar-refractivity contribution in [2.45, 2.75) is 96.1 Å². The van der Waals surface area contributed by atoms with Crippen molar-refractivity contribution < 1.29 is 38.6 Å². The van der Waals surface area contributed by atoms with Crippen molar-refractivity contribution in [3.05, 3.63) is 83.9 Å². The number of imidazole rings is 1. The molecule has 1 aromatic heterocycles. The average molecular weight is 775 g/mol. The minimum Gasteiger partial charge on any atom is -0.508 e. The summed E-state index contributed by atoms with van der Waals surface area (Å²) in [6.45, 7) is 7.25. The topological polar surface area (TPSA) is 238 Å². The van der Waals surface area contributed by atoms with Gasteiger partial charge in [0.2, 0.25) is 29.5 Å². The van der Waals surface area contributed by atoms with Gasteiger partial charge in [-0.3, -0.25) is 24.0 Å². The number of nitrogens with one attached hydrogen (secondary N) is 5. The van der Waals surface area contributed by atoms with Gasteiger partial charge in [-0.15, -0.1) is 0 Å². The molecule has 2 heterocycles. The summed E-state index contributed by atoms with van der Waals surface area (Å²) in [5.74, 6) is -4.18. The molecule has 6 atom stereocenters. The van der Waals surface area contributed by atoms with Crippen LogP contribution in [0.15, 0.2) is 67.1 Å². The molecule has 8 N–H and O–H groups in total. The third kappa shape index (κ3) is 11.9. The zero-order valence-corrected chi connectivity index (χ0v) is 32.5. The standard InChI is InChI=1S/C40H54N8O8/c1-23(2)33(41)37(52)44-29(18-26-13-15-28(49)16-14-26)35(50)47-34(24(3)4)38(53)45-30(20-27-21-42-22-43-27)39(54)48-17-9-12-32(48)36(51)46-31(40(55)56-5)19-25-10-7-6-8-11-25/h6-8,10-11,13-16,21-24,29-34,49H,9,12,17-20,41H2,1-5H3,(H,42,43)(H,44,52)(H,45,53)(H,46,51)(H,47,50)/t29-,30-,31-,32-,33-,34-/m0/s1. The summed E-state index contributed by atoms with van der Waals surface area (Å²) < 4.78 is 4.96. The molecule has 16 heteroatoms. The van der Waals surface area contributed by atoms with Crippen LogP contribution in [0.5, 0.6) is 5.75 Å². The molecule has 3 aromatic rings. The van der Waals surface area contributed by atoms with Crippen LogP contribution in [0.2, 0.25) is 0 Å². The minimum absolute atomic E-state index is 0.000404. The van der Waals surface area contributed by atoms with Crippen LogP contribution in [-0.2, 0) is 52.8 Å². The highest BCUT2D eigenvalue weighted by atomic mass is 16.5. The lowest BCUT2D eigenvalue weighted by Crippen LogP contribution is -2.61. The first-order chi connectivity index (χ1) is 26.7. The number of esters is 1. The number of carbonyl (C=O) groups excluding carboxylic acids is 6. The van der Waals surface area contributed by atoms with E-state index in [0.29, 0.717) is 24.1 Å². The van der Waals surface area contributed by atoms with Gasteiger partial charge in [-0.2, -0.15) is 0 Å². The Morgan fingerprint density at radius 3 is 2.07 bits per heavy atom. The maximum Gasteiger partial charge on any atom is 0.328 e. The van der Waals surface area contributed by atoms with Crippen LogP contribution in [-0.4, -0.2) is 105 Å². The first kappa shape index (κ1) is 43.0. The summed E-state index contributed by atoms with van der Waals surface area (Å²) in [7, 11) is 1.24. The second kappa shape index (κ2) is 20.2. The fourth-order valence-corrected chi connectivity index (χ4v) is 6.47. The van der Waals surface area contributed by atoms with Gasteiger partial charge in [-0.25, -0.2) is 9.78 Å². The number of phenols is 1. The number of amides is 5. The molecule has 16 nitrogen and oxygen atoms in total. The van der Waals surface area contributed by atoms with Gasteiger partial charge in [0.1, 0.15) is 36.0 Å². The van der Waals surface area contributed by atoms with E-state index in [1.165, 1.54) is 36.7 Å². The normalized spacial score (nSPS) is 16.6. The predicted octanol–water partition coefficient (Wildman–Crippen LogP) is 0.886. The van der Waals surface area contributed by atoms with E-state index < -0.39 is 77.7 Å². The van der Waals surface area contributed by atoms with E-state index in [0.717, 1.165) is 5.56 Å². The highest BCUT2D eigenvalue weighted by Gasteiger charge is 2.40. The quantitative estimate of drug-likeness (QED) is 0.0901. The number of H-pyrrole nitrogens is 1. The lowest BCUT2D eigenvalue weighted by atomic mass is 9.99. The number of hydrogen-bond acceptors (Lipinski definition) is 10. The van der Waals surface area contributed by atoms with Gasteiger partial charge in [0.05, 0.1) is 19.5 Å². The summed E-state index contributed by atoms with van der Waals surface area (Å²) in [6, 6.07) is 9.05. The van der Waals surface area contributed by atoms with E-state index in [2.05, 4.69) is 31.2 Å². The van der Waals surface area contributed by atoms with Crippen molar-refractivity contribution in [1.29, 1.82) is 0 Å². The number of phenolic OH excluding ortho intramolecular Hbond substituents is 1.